The van der Waals surface area contributed by atoms with Crippen molar-refractivity contribution in [3.05, 3.63) is 0 Å². The number of ether oxygens (including phenoxy) is 2. The first-order valence-electron chi connectivity index (χ1n) is 5.66. The van der Waals surface area contributed by atoms with Crippen LogP contribution in [-0.4, -0.2) is 38.0 Å². The van der Waals surface area contributed by atoms with Gasteiger partial charge in [-0.2, -0.15) is 0 Å². The van der Waals surface area contributed by atoms with Gasteiger partial charge in [-0.05, 0) is 41.0 Å². The van der Waals surface area contributed by atoms with Crippen LogP contribution in [-0.2, 0) is 9.47 Å². The van der Waals surface area contributed by atoms with E-state index in [1.807, 2.05) is 0 Å². The second-order valence-electron chi connectivity index (χ2n) is 4.97. The van der Waals surface area contributed by atoms with E-state index in [-0.39, 0.29) is 11.7 Å². The van der Waals surface area contributed by atoms with Crippen molar-refractivity contribution in [3.8, 4) is 0 Å². The van der Waals surface area contributed by atoms with Gasteiger partial charge in [0.1, 0.15) is 0 Å². The zero-order chi connectivity index (χ0) is 12.1. The summed E-state index contributed by atoms with van der Waals surface area (Å²) >= 11 is 0. The van der Waals surface area contributed by atoms with Crippen molar-refractivity contribution in [3.63, 3.8) is 0 Å². The molecular weight excluding hydrogens is 190 g/mol. The first-order valence-corrected chi connectivity index (χ1v) is 5.66. The fourth-order valence-corrected chi connectivity index (χ4v) is 1.67. The second-order valence-corrected chi connectivity index (χ2v) is 4.97. The molecule has 0 saturated carbocycles. The summed E-state index contributed by atoms with van der Waals surface area (Å²) in [4.78, 5) is 0. The zero-order valence-electron chi connectivity index (χ0n) is 11.3. The summed E-state index contributed by atoms with van der Waals surface area (Å²) in [5.41, 5.74) is -0.0670. The van der Waals surface area contributed by atoms with Crippen LogP contribution in [0.5, 0.6) is 0 Å². The minimum Gasteiger partial charge on any atom is -0.380 e. The molecule has 1 N–H and O–H groups in total. The van der Waals surface area contributed by atoms with E-state index in [1.165, 1.54) is 0 Å². The third-order valence-electron chi connectivity index (χ3n) is 2.97. The summed E-state index contributed by atoms with van der Waals surface area (Å²) in [6.45, 7) is 10.6. The van der Waals surface area contributed by atoms with Crippen molar-refractivity contribution < 1.29 is 9.47 Å². The van der Waals surface area contributed by atoms with Gasteiger partial charge in [0, 0.05) is 26.3 Å². The van der Waals surface area contributed by atoms with Gasteiger partial charge in [-0.3, -0.25) is 0 Å². The molecule has 0 aliphatic rings. The minimum atomic E-state index is -0.0670. The highest BCUT2D eigenvalue weighted by molar-refractivity contribution is 4.79. The molecule has 0 aromatic heterocycles. The smallest absolute Gasteiger partial charge is 0.0693 e. The number of methoxy groups -OCH3 is 2. The van der Waals surface area contributed by atoms with Crippen LogP contribution in [0.25, 0.3) is 0 Å². The molecule has 0 aliphatic heterocycles. The molecule has 3 heteroatoms. The van der Waals surface area contributed by atoms with Crippen LogP contribution in [0.3, 0.4) is 0 Å². The third-order valence-corrected chi connectivity index (χ3v) is 2.97. The molecule has 0 aromatic rings. The number of hydrogen-bond donors (Lipinski definition) is 1. The lowest BCUT2D eigenvalue weighted by molar-refractivity contribution is 0.00483. The molecule has 0 radical (unpaired) electrons. The number of nitrogens with one attached hydrogen (secondary N) is 1. The van der Waals surface area contributed by atoms with Crippen LogP contribution in [0.2, 0.25) is 0 Å². The average Bonchev–Trinajstić information content (AvgIpc) is 2.15. The maximum absolute atomic E-state index is 5.41. The van der Waals surface area contributed by atoms with Gasteiger partial charge in [0.05, 0.1) is 11.7 Å². The highest BCUT2D eigenvalue weighted by Gasteiger charge is 2.22. The van der Waals surface area contributed by atoms with E-state index in [0.29, 0.717) is 12.1 Å². The highest BCUT2D eigenvalue weighted by atomic mass is 16.5. The van der Waals surface area contributed by atoms with Crippen molar-refractivity contribution in [1.82, 2.24) is 5.32 Å². The van der Waals surface area contributed by atoms with Crippen LogP contribution in [0, 0.1) is 0 Å². The fourth-order valence-electron chi connectivity index (χ4n) is 1.67. The summed E-state index contributed by atoms with van der Waals surface area (Å²) in [6.07, 6.45) is 1.22. The maximum atomic E-state index is 5.41. The van der Waals surface area contributed by atoms with Crippen molar-refractivity contribution in [2.75, 3.05) is 14.2 Å². The van der Waals surface area contributed by atoms with Crippen LogP contribution in [0.4, 0.5) is 0 Å². The molecule has 0 spiro atoms. The fraction of sp³-hybridized carbons (Fsp3) is 1.00. The Morgan fingerprint density at radius 2 is 1.67 bits per heavy atom. The maximum Gasteiger partial charge on any atom is 0.0693 e. The molecule has 0 saturated heterocycles. The van der Waals surface area contributed by atoms with Gasteiger partial charge in [-0.1, -0.05) is 0 Å². The Morgan fingerprint density at radius 3 is 2.07 bits per heavy atom. The lowest BCUT2D eigenvalue weighted by atomic mass is 9.99. The molecule has 92 valence electrons. The van der Waals surface area contributed by atoms with Crippen LogP contribution < -0.4 is 5.32 Å². The van der Waals surface area contributed by atoms with Crippen LogP contribution in [0.1, 0.15) is 41.0 Å². The summed E-state index contributed by atoms with van der Waals surface area (Å²) in [7, 11) is 3.50. The lowest BCUT2D eigenvalue weighted by Crippen LogP contribution is -2.44. The SMILES string of the molecule is COC(C)C(C)NC(C)CC(C)(C)OC. The lowest BCUT2D eigenvalue weighted by Gasteiger charge is -2.30. The van der Waals surface area contributed by atoms with E-state index in [9.17, 15) is 0 Å². The molecule has 0 bridgehead atoms. The Bertz CT molecular complexity index is 171. The summed E-state index contributed by atoms with van der Waals surface area (Å²) < 4.78 is 10.7. The van der Waals surface area contributed by atoms with Crippen LogP contribution >= 0.6 is 0 Å². The third kappa shape index (κ3) is 6.13. The Morgan fingerprint density at radius 1 is 1.13 bits per heavy atom. The molecule has 3 atom stereocenters. The monoisotopic (exact) mass is 217 g/mol. The minimum absolute atomic E-state index is 0.0670. The molecule has 0 aromatic carbocycles. The Hall–Kier alpha value is -0.120. The Labute approximate surface area is 94.5 Å². The quantitative estimate of drug-likeness (QED) is 0.709. The molecule has 0 fully saturated rings. The van der Waals surface area contributed by atoms with Crippen molar-refractivity contribution in [2.24, 2.45) is 0 Å². The van der Waals surface area contributed by atoms with Crippen LogP contribution in [0.15, 0.2) is 0 Å². The van der Waals surface area contributed by atoms with Crippen molar-refractivity contribution in [1.29, 1.82) is 0 Å². The predicted molar refractivity (Wildman–Crippen MR) is 64.2 cm³/mol. The van der Waals surface area contributed by atoms with E-state index in [4.69, 9.17) is 9.47 Å². The Balaban J connectivity index is 3.98. The molecule has 15 heavy (non-hydrogen) atoms. The first kappa shape index (κ1) is 14.9. The Kier molecular flexibility index (Phi) is 6.41. The van der Waals surface area contributed by atoms with E-state index in [1.54, 1.807) is 14.2 Å². The van der Waals surface area contributed by atoms with Gasteiger partial charge in [-0.15, -0.1) is 0 Å². The van der Waals surface area contributed by atoms with Crippen molar-refractivity contribution in [2.45, 2.75) is 64.8 Å². The summed E-state index contributed by atoms with van der Waals surface area (Å²) in [5, 5.41) is 3.52. The van der Waals surface area contributed by atoms with E-state index in [2.05, 4.69) is 39.9 Å². The van der Waals surface area contributed by atoms with Gasteiger partial charge >= 0.3 is 0 Å². The molecule has 3 nitrogen and oxygen atoms in total. The summed E-state index contributed by atoms with van der Waals surface area (Å²) in [6, 6.07) is 0.783. The number of rotatable bonds is 7. The highest BCUT2D eigenvalue weighted by Crippen LogP contribution is 2.15. The molecule has 0 aliphatic carbocycles. The zero-order valence-corrected chi connectivity index (χ0v) is 11.3. The molecular formula is C12H27NO2. The molecule has 3 unspecified atom stereocenters. The predicted octanol–water partition coefficient (Wildman–Crippen LogP) is 2.20. The van der Waals surface area contributed by atoms with Gasteiger partial charge in [0.15, 0.2) is 0 Å². The van der Waals surface area contributed by atoms with Gasteiger partial charge in [0.25, 0.3) is 0 Å². The molecule has 0 heterocycles. The van der Waals surface area contributed by atoms with Crippen molar-refractivity contribution >= 4 is 0 Å². The average molecular weight is 217 g/mol. The summed E-state index contributed by atoms with van der Waals surface area (Å²) in [5.74, 6) is 0. The second kappa shape index (κ2) is 6.46. The molecule has 0 rings (SSSR count). The van der Waals surface area contributed by atoms with E-state index < -0.39 is 0 Å². The largest absolute Gasteiger partial charge is 0.380 e. The van der Waals surface area contributed by atoms with Gasteiger partial charge in [-0.25, -0.2) is 0 Å². The van der Waals surface area contributed by atoms with E-state index >= 15 is 0 Å². The topological polar surface area (TPSA) is 30.5 Å². The normalized spacial score (nSPS) is 18.6. The van der Waals surface area contributed by atoms with E-state index in [0.717, 1.165) is 6.42 Å². The molecule has 0 amide bonds. The van der Waals surface area contributed by atoms with Gasteiger partial charge < -0.3 is 14.8 Å². The standard InChI is InChI=1S/C12H27NO2/c1-9(8-12(4,5)15-7)13-10(2)11(3)14-6/h9-11,13H,8H2,1-7H3. The number of hydrogen-bond acceptors (Lipinski definition) is 3. The van der Waals surface area contributed by atoms with Gasteiger partial charge in [0.2, 0.25) is 0 Å². The first-order chi connectivity index (χ1) is 6.82.